The molecule has 1 aliphatic heterocycles. The maximum absolute atomic E-state index is 11.7. The highest BCUT2D eigenvalue weighted by atomic mass is 16.7. The van der Waals surface area contributed by atoms with E-state index in [9.17, 15) is 9.59 Å². The topological polar surface area (TPSA) is 81.9 Å². The molecule has 1 atom stereocenters. The van der Waals surface area contributed by atoms with Gasteiger partial charge in [-0.25, -0.2) is 9.59 Å². The van der Waals surface area contributed by atoms with Gasteiger partial charge in [-0.05, 0) is 33.6 Å². The van der Waals surface area contributed by atoms with Gasteiger partial charge in [-0.3, -0.25) is 4.90 Å². The van der Waals surface area contributed by atoms with E-state index in [4.69, 9.17) is 10.6 Å². The number of rotatable bonds is 1. The summed E-state index contributed by atoms with van der Waals surface area (Å²) in [6.07, 6.45) is 0.814. The molecule has 1 aliphatic rings. The lowest BCUT2D eigenvalue weighted by Gasteiger charge is -2.27. The fraction of sp³-hybridized carbons (Fsp3) is 0.800. The molecular weight excluding hydrogens is 212 g/mol. The van der Waals surface area contributed by atoms with Crippen molar-refractivity contribution in [2.75, 3.05) is 6.54 Å². The molecule has 1 saturated heterocycles. The van der Waals surface area contributed by atoms with Crippen LogP contribution in [-0.4, -0.2) is 35.2 Å². The van der Waals surface area contributed by atoms with Crippen molar-refractivity contribution in [1.29, 1.82) is 0 Å². The van der Waals surface area contributed by atoms with Crippen molar-refractivity contribution in [2.45, 2.75) is 45.3 Å². The number of likely N-dealkylation sites (tertiary alicyclic amines) is 1. The number of carbonyl (C=O) groups excluding carboxylic acids is 2. The molecule has 92 valence electrons. The van der Waals surface area contributed by atoms with Gasteiger partial charge >= 0.3 is 12.1 Å². The van der Waals surface area contributed by atoms with Gasteiger partial charge in [-0.1, -0.05) is 0 Å². The maximum Gasteiger partial charge on any atom is 0.411 e. The van der Waals surface area contributed by atoms with E-state index in [0.29, 0.717) is 13.0 Å². The average molecular weight is 230 g/mol. The number of hydrogen-bond acceptors (Lipinski definition) is 5. The molecule has 0 aromatic heterocycles. The second-order valence-corrected chi connectivity index (χ2v) is 4.77. The first-order valence-corrected chi connectivity index (χ1v) is 5.25. The van der Waals surface area contributed by atoms with E-state index in [1.54, 1.807) is 20.8 Å². The zero-order chi connectivity index (χ0) is 12.3. The number of nitrogens with zero attached hydrogens (tertiary/aromatic N) is 1. The first-order valence-electron chi connectivity index (χ1n) is 5.25. The molecule has 0 aliphatic carbocycles. The summed E-state index contributed by atoms with van der Waals surface area (Å²) >= 11 is 0. The van der Waals surface area contributed by atoms with Gasteiger partial charge in [-0.15, -0.1) is 0 Å². The number of carbonyl (C=O) groups is 2. The summed E-state index contributed by atoms with van der Waals surface area (Å²) in [7, 11) is 0. The first-order chi connectivity index (χ1) is 7.35. The second kappa shape index (κ2) is 4.69. The van der Waals surface area contributed by atoms with Crippen molar-refractivity contribution < 1.29 is 19.2 Å². The molecule has 1 heterocycles. The van der Waals surface area contributed by atoms with Crippen LogP contribution in [0.3, 0.4) is 0 Å². The van der Waals surface area contributed by atoms with Crippen molar-refractivity contribution in [3.63, 3.8) is 0 Å². The van der Waals surface area contributed by atoms with Crippen molar-refractivity contribution >= 4 is 12.1 Å². The third-order valence-corrected chi connectivity index (χ3v) is 2.27. The minimum absolute atomic E-state index is 0.495. The van der Waals surface area contributed by atoms with Crippen molar-refractivity contribution in [3.05, 3.63) is 0 Å². The Morgan fingerprint density at radius 3 is 2.50 bits per heavy atom. The first kappa shape index (κ1) is 12.8. The Bertz CT molecular complexity index is 285. The van der Waals surface area contributed by atoms with E-state index in [0.717, 1.165) is 6.42 Å². The Morgan fingerprint density at radius 1 is 1.38 bits per heavy atom. The second-order valence-electron chi connectivity index (χ2n) is 4.77. The minimum atomic E-state index is -0.611. The Balaban J connectivity index is 2.65. The Kier molecular flexibility index (Phi) is 3.74. The van der Waals surface area contributed by atoms with Crippen molar-refractivity contribution in [2.24, 2.45) is 5.90 Å². The van der Waals surface area contributed by atoms with Gasteiger partial charge in [-0.2, -0.15) is 5.90 Å². The molecule has 0 aromatic carbocycles. The molecule has 0 aromatic rings. The zero-order valence-corrected chi connectivity index (χ0v) is 9.86. The highest BCUT2D eigenvalue weighted by Gasteiger charge is 2.37. The lowest BCUT2D eigenvalue weighted by molar-refractivity contribution is -0.149. The number of nitrogens with two attached hydrogens (primary N) is 1. The van der Waals surface area contributed by atoms with E-state index in [2.05, 4.69) is 4.84 Å². The molecule has 1 fully saturated rings. The molecule has 1 amide bonds. The smallest absolute Gasteiger partial charge is 0.411 e. The standard InChI is InChI=1S/C10H18N2O4/c1-10(2,3)15-9(14)12-6-4-5-7(12)8(13)16-11/h7H,4-6,11H2,1-3H3/t7-/m1/s1. The SMILES string of the molecule is CC(C)(C)OC(=O)N1CCC[C@@H]1C(=O)ON. The maximum atomic E-state index is 11.7. The highest BCUT2D eigenvalue weighted by molar-refractivity contribution is 5.82. The highest BCUT2D eigenvalue weighted by Crippen LogP contribution is 2.21. The lowest BCUT2D eigenvalue weighted by Crippen LogP contribution is -2.44. The Labute approximate surface area is 94.6 Å². The van der Waals surface area contributed by atoms with Crippen LogP contribution in [0.25, 0.3) is 0 Å². The molecule has 6 heteroatoms. The quantitative estimate of drug-likeness (QED) is 0.674. The molecule has 6 nitrogen and oxygen atoms in total. The number of ether oxygens (including phenoxy) is 1. The molecule has 2 N–H and O–H groups in total. The van der Waals surface area contributed by atoms with Crippen LogP contribution in [-0.2, 0) is 14.4 Å². The van der Waals surface area contributed by atoms with Crippen LogP contribution < -0.4 is 5.90 Å². The summed E-state index contributed by atoms with van der Waals surface area (Å²) in [6, 6.07) is -0.611. The third kappa shape index (κ3) is 3.10. The predicted molar refractivity (Wildman–Crippen MR) is 56.2 cm³/mol. The van der Waals surface area contributed by atoms with E-state index in [1.165, 1.54) is 4.90 Å². The summed E-state index contributed by atoms with van der Waals surface area (Å²) in [5.41, 5.74) is -0.573. The predicted octanol–water partition coefficient (Wildman–Crippen LogP) is 0.803. The summed E-state index contributed by atoms with van der Waals surface area (Å²) < 4.78 is 5.18. The van der Waals surface area contributed by atoms with Crippen LogP contribution in [0, 0.1) is 0 Å². The summed E-state index contributed by atoms with van der Waals surface area (Å²) in [4.78, 5) is 28.6. The van der Waals surface area contributed by atoms with Gasteiger partial charge in [0.25, 0.3) is 0 Å². The van der Waals surface area contributed by atoms with Crippen LogP contribution in [0.4, 0.5) is 4.79 Å². The Morgan fingerprint density at radius 2 is 2.00 bits per heavy atom. The van der Waals surface area contributed by atoms with Gasteiger partial charge in [0.1, 0.15) is 11.6 Å². The van der Waals surface area contributed by atoms with Crippen LogP contribution in [0.1, 0.15) is 33.6 Å². The Hall–Kier alpha value is -1.30. The van der Waals surface area contributed by atoms with E-state index < -0.39 is 23.7 Å². The van der Waals surface area contributed by atoms with E-state index >= 15 is 0 Å². The van der Waals surface area contributed by atoms with E-state index in [1.807, 2.05) is 0 Å². The fourth-order valence-corrected chi connectivity index (χ4v) is 1.63. The van der Waals surface area contributed by atoms with Crippen LogP contribution >= 0.6 is 0 Å². The zero-order valence-electron chi connectivity index (χ0n) is 9.86. The molecule has 0 bridgehead atoms. The lowest BCUT2D eigenvalue weighted by atomic mass is 10.2. The van der Waals surface area contributed by atoms with Crippen LogP contribution in [0.5, 0.6) is 0 Å². The monoisotopic (exact) mass is 230 g/mol. The molecule has 0 spiro atoms. The minimum Gasteiger partial charge on any atom is -0.444 e. The molecule has 0 radical (unpaired) electrons. The van der Waals surface area contributed by atoms with Gasteiger partial charge in [0.2, 0.25) is 0 Å². The van der Waals surface area contributed by atoms with E-state index in [-0.39, 0.29) is 0 Å². The van der Waals surface area contributed by atoms with Gasteiger partial charge < -0.3 is 9.57 Å². The largest absolute Gasteiger partial charge is 0.444 e. The summed E-state index contributed by atoms with van der Waals surface area (Å²) in [6.45, 7) is 5.82. The molecular formula is C10H18N2O4. The van der Waals surface area contributed by atoms with Crippen LogP contribution in [0.15, 0.2) is 0 Å². The molecule has 1 rings (SSSR count). The summed E-state index contributed by atoms with van der Waals surface area (Å²) in [5.74, 6) is 4.22. The fourth-order valence-electron chi connectivity index (χ4n) is 1.63. The molecule has 0 unspecified atom stereocenters. The van der Waals surface area contributed by atoms with Crippen molar-refractivity contribution in [1.82, 2.24) is 4.90 Å². The number of hydrogen-bond donors (Lipinski definition) is 1. The van der Waals surface area contributed by atoms with Gasteiger partial charge in [0.15, 0.2) is 0 Å². The normalized spacial score (nSPS) is 20.8. The third-order valence-electron chi connectivity index (χ3n) is 2.27. The summed E-state index contributed by atoms with van der Waals surface area (Å²) in [5, 5.41) is 0. The van der Waals surface area contributed by atoms with Crippen LogP contribution in [0.2, 0.25) is 0 Å². The van der Waals surface area contributed by atoms with Gasteiger partial charge in [0.05, 0.1) is 0 Å². The van der Waals surface area contributed by atoms with Gasteiger partial charge in [0, 0.05) is 6.54 Å². The average Bonchev–Trinajstić information content (AvgIpc) is 2.62. The molecule has 0 saturated carbocycles. The number of amides is 1. The van der Waals surface area contributed by atoms with Crippen molar-refractivity contribution in [3.8, 4) is 0 Å². The molecule has 16 heavy (non-hydrogen) atoms.